The molecule has 0 heterocycles. The second-order valence-corrected chi connectivity index (χ2v) is 21.5. The molecule has 0 spiro atoms. The fourth-order valence-electron chi connectivity index (χ4n) is 4.04. The third-order valence-electron chi connectivity index (χ3n) is 4.58. The Morgan fingerprint density at radius 1 is 0.933 bits per heavy atom. The third-order valence-corrected chi connectivity index (χ3v) is 16.1. The van der Waals surface area contributed by atoms with Crippen LogP contribution < -0.4 is 5.30 Å². The molecule has 0 aliphatic carbocycles. The van der Waals surface area contributed by atoms with Gasteiger partial charge in [0.1, 0.15) is 0 Å². The monoisotopic (exact) mass is 460 g/mol. The van der Waals surface area contributed by atoms with E-state index in [0.29, 0.717) is 16.7 Å². The Balaban J connectivity index is 0.00000218. The Labute approximate surface area is 185 Å². The largest absolute Gasteiger partial charge is 0.455 e. The van der Waals surface area contributed by atoms with Gasteiger partial charge in [-0.25, -0.2) is 0 Å². The zero-order chi connectivity index (χ0) is 23.3. The first-order valence-corrected chi connectivity index (χ1v) is 18.6. The highest BCUT2D eigenvalue weighted by Crippen LogP contribution is 2.51. The molecule has 0 saturated heterocycles. The molecule has 0 amide bonds. The summed E-state index contributed by atoms with van der Waals surface area (Å²) in [7, 11) is -7.47. The number of rotatable bonds is 7. The average molecular weight is 461 g/mol. The van der Waals surface area contributed by atoms with Gasteiger partial charge in [0.25, 0.3) is 0 Å². The molecule has 1 unspecified atom stereocenters. The molecular formula is C24H37O3PSi2. The first-order chi connectivity index (χ1) is 13.8. The molecule has 0 fully saturated rings. The lowest BCUT2D eigenvalue weighted by atomic mass is 10.0. The van der Waals surface area contributed by atoms with E-state index in [9.17, 15) is 9.36 Å². The Bertz CT molecular complexity index is 908. The molecule has 30 heavy (non-hydrogen) atoms. The summed E-state index contributed by atoms with van der Waals surface area (Å²) in [6.45, 7) is 22.5. The van der Waals surface area contributed by atoms with Gasteiger partial charge in [-0.3, -0.25) is 4.79 Å². The highest BCUT2D eigenvalue weighted by molar-refractivity contribution is 7.89. The zero-order valence-electron chi connectivity index (χ0n) is 19.8. The van der Waals surface area contributed by atoms with Gasteiger partial charge in [-0.05, 0) is 64.6 Å². The summed E-state index contributed by atoms with van der Waals surface area (Å²) in [6.07, 6.45) is 0. The summed E-state index contributed by atoms with van der Waals surface area (Å²) in [5.41, 5.74) is 3.27. The standard InChI is InChI=1S/C22H33O3PSi2.C2H4/c1-17-14-18(2)21(19(3)15-17)22(23)26(24,20-12-10-9-11-13-20)16-28(7,8)25-27(4,5)6;1-2/h9-15H,16H2,1-8H3;1-2H2. The van der Waals surface area contributed by atoms with Crippen molar-refractivity contribution in [2.45, 2.75) is 53.5 Å². The number of hydrogen-bond acceptors (Lipinski definition) is 3. The summed E-state index contributed by atoms with van der Waals surface area (Å²) in [4.78, 5) is 13.8. The molecule has 3 nitrogen and oxygen atoms in total. The lowest BCUT2D eigenvalue weighted by Crippen LogP contribution is -2.46. The normalized spacial score (nSPS) is 13.7. The van der Waals surface area contributed by atoms with Crippen LogP contribution in [0.4, 0.5) is 0 Å². The second-order valence-electron chi connectivity index (χ2n) is 9.29. The van der Waals surface area contributed by atoms with Crippen LogP contribution in [0.5, 0.6) is 0 Å². The molecule has 0 bridgehead atoms. The van der Waals surface area contributed by atoms with Crippen molar-refractivity contribution in [3.8, 4) is 0 Å². The van der Waals surface area contributed by atoms with Gasteiger partial charge < -0.3 is 8.68 Å². The molecule has 0 aliphatic heterocycles. The van der Waals surface area contributed by atoms with Gasteiger partial charge >= 0.3 is 0 Å². The predicted molar refractivity (Wildman–Crippen MR) is 137 cm³/mol. The quantitative estimate of drug-likeness (QED) is 0.258. The maximum absolute atomic E-state index is 14.4. The fourth-order valence-corrected chi connectivity index (χ4v) is 18.7. The Kier molecular flexibility index (Phi) is 9.00. The minimum atomic E-state index is -3.34. The summed E-state index contributed by atoms with van der Waals surface area (Å²) in [5, 5.41) is 0.638. The van der Waals surface area contributed by atoms with E-state index in [-0.39, 0.29) is 5.52 Å². The lowest BCUT2D eigenvalue weighted by Gasteiger charge is -2.34. The minimum absolute atomic E-state index is 0.228. The molecule has 164 valence electrons. The SMILES string of the molecule is C=C.Cc1cc(C)c(C(=O)P(=O)(C[Si](C)(C)O[Si](C)(C)C)c2ccccc2)c(C)c1. The number of benzene rings is 2. The van der Waals surface area contributed by atoms with E-state index in [1.54, 1.807) is 0 Å². The van der Waals surface area contributed by atoms with Gasteiger partial charge in [-0.1, -0.05) is 48.0 Å². The van der Waals surface area contributed by atoms with Crippen molar-refractivity contribution in [1.82, 2.24) is 0 Å². The maximum Gasteiger partial charge on any atom is 0.226 e. The summed E-state index contributed by atoms with van der Waals surface area (Å²) in [5.74, 6) is 0.333. The molecule has 0 aliphatic rings. The Morgan fingerprint density at radius 3 is 1.83 bits per heavy atom. The highest BCUT2D eigenvalue weighted by atomic mass is 31.2. The molecule has 6 heteroatoms. The summed E-state index contributed by atoms with van der Waals surface area (Å²) >= 11 is 0. The van der Waals surface area contributed by atoms with Gasteiger partial charge in [-0.15, -0.1) is 13.2 Å². The minimum Gasteiger partial charge on any atom is -0.455 e. The van der Waals surface area contributed by atoms with Gasteiger partial charge in [0.15, 0.2) is 23.8 Å². The van der Waals surface area contributed by atoms with Crippen LogP contribution in [-0.2, 0) is 8.68 Å². The van der Waals surface area contributed by atoms with Crippen LogP contribution in [0.2, 0.25) is 32.7 Å². The van der Waals surface area contributed by atoms with E-state index < -0.39 is 23.8 Å². The lowest BCUT2D eigenvalue weighted by molar-refractivity contribution is 0.107. The number of carbonyl (C=O) groups excluding carboxylic acids is 1. The zero-order valence-corrected chi connectivity index (χ0v) is 22.7. The van der Waals surface area contributed by atoms with E-state index in [0.717, 1.165) is 16.7 Å². The first kappa shape index (κ1) is 26.5. The van der Waals surface area contributed by atoms with Crippen molar-refractivity contribution in [1.29, 1.82) is 0 Å². The molecular weight excluding hydrogens is 423 g/mol. The van der Waals surface area contributed by atoms with E-state index in [4.69, 9.17) is 4.12 Å². The van der Waals surface area contributed by atoms with E-state index in [2.05, 4.69) is 45.9 Å². The van der Waals surface area contributed by atoms with Crippen LogP contribution in [0.15, 0.2) is 55.6 Å². The van der Waals surface area contributed by atoms with Crippen molar-refractivity contribution in [2.24, 2.45) is 0 Å². The van der Waals surface area contributed by atoms with Crippen LogP contribution in [0, 0.1) is 20.8 Å². The molecule has 0 radical (unpaired) electrons. The van der Waals surface area contributed by atoms with Crippen molar-refractivity contribution >= 4 is 34.6 Å². The van der Waals surface area contributed by atoms with Gasteiger partial charge in [0, 0.05) is 16.7 Å². The number of carbonyl (C=O) groups is 1. The fraction of sp³-hybridized carbons (Fsp3) is 0.375. The predicted octanol–water partition coefficient (Wildman–Crippen LogP) is 6.84. The molecule has 0 saturated carbocycles. The van der Waals surface area contributed by atoms with E-state index in [1.165, 1.54) is 0 Å². The molecule has 2 aromatic rings. The smallest absolute Gasteiger partial charge is 0.226 e. The maximum atomic E-state index is 14.4. The molecule has 2 aromatic carbocycles. The van der Waals surface area contributed by atoms with Gasteiger partial charge in [0.05, 0.1) is 0 Å². The van der Waals surface area contributed by atoms with Gasteiger partial charge in [0.2, 0.25) is 5.52 Å². The Morgan fingerprint density at radius 2 is 1.40 bits per heavy atom. The van der Waals surface area contributed by atoms with E-state index in [1.807, 2.05) is 63.2 Å². The average Bonchev–Trinajstić information content (AvgIpc) is 2.60. The second kappa shape index (κ2) is 10.2. The van der Waals surface area contributed by atoms with Crippen LogP contribution in [0.1, 0.15) is 27.0 Å². The first-order valence-electron chi connectivity index (χ1n) is 10.2. The topological polar surface area (TPSA) is 43.4 Å². The van der Waals surface area contributed by atoms with Crippen LogP contribution >= 0.6 is 7.14 Å². The van der Waals surface area contributed by atoms with Crippen molar-refractivity contribution in [3.05, 3.63) is 77.9 Å². The third kappa shape index (κ3) is 6.74. The summed E-state index contributed by atoms with van der Waals surface area (Å²) < 4.78 is 20.9. The van der Waals surface area contributed by atoms with Gasteiger partial charge in [-0.2, -0.15) is 0 Å². The summed E-state index contributed by atoms with van der Waals surface area (Å²) in [6, 6.07) is 13.3. The molecule has 2 rings (SSSR count). The molecule has 0 N–H and O–H groups in total. The van der Waals surface area contributed by atoms with Crippen LogP contribution in [-0.4, -0.2) is 27.9 Å². The molecule has 1 atom stereocenters. The van der Waals surface area contributed by atoms with Crippen molar-refractivity contribution in [3.63, 3.8) is 0 Å². The Hall–Kier alpha value is -1.53. The molecule has 0 aromatic heterocycles. The number of aryl methyl sites for hydroxylation is 3. The van der Waals surface area contributed by atoms with Crippen LogP contribution in [0.25, 0.3) is 0 Å². The van der Waals surface area contributed by atoms with E-state index >= 15 is 0 Å². The van der Waals surface area contributed by atoms with Crippen molar-refractivity contribution < 1.29 is 13.5 Å². The highest BCUT2D eigenvalue weighted by Gasteiger charge is 2.44. The van der Waals surface area contributed by atoms with Crippen LogP contribution in [0.3, 0.4) is 0 Å². The van der Waals surface area contributed by atoms with Crippen molar-refractivity contribution in [2.75, 3.05) is 5.79 Å². The number of hydrogen-bond donors (Lipinski definition) is 0.